The molecule has 2 rings (SSSR count). The largest absolute Gasteiger partial charge is 0.394 e. The molecule has 1 aromatic heterocycles. The van der Waals surface area contributed by atoms with Crippen molar-refractivity contribution >= 4 is 17.3 Å². The number of hydrogen-bond acceptors (Lipinski definition) is 5. The summed E-state index contributed by atoms with van der Waals surface area (Å²) in [4.78, 5) is 14.0. The summed E-state index contributed by atoms with van der Waals surface area (Å²) >= 11 is 6.13. The molecule has 1 atom stereocenters. The SMILES string of the molecule is NCC1CCCN(c2cnn(CCO)c(=O)c2Cl)C1. The van der Waals surface area contributed by atoms with E-state index < -0.39 is 0 Å². The number of nitrogens with zero attached hydrogens (tertiary/aromatic N) is 3. The highest BCUT2D eigenvalue weighted by Crippen LogP contribution is 2.26. The molecule has 1 fully saturated rings. The van der Waals surface area contributed by atoms with E-state index in [1.807, 2.05) is 0 Å². The minimum Gasteiger partial charge on any atom is -0.394 e. The van der Waals surface area contributed by atoms with Crippen molar-refractivity contribution < 1.29 is 5.11 Å². The molecule has 7 heteroatoms. The highest BCUT2D eigenvalue weighted by Gasteiger charge is 2.22. The zero-order valence-electron chi connectivity index (χ0n) is 10.8. The van der Waals surface area contributed by atoms with Crippen LogP contribution < -0.4 is 16.2 Å². The summed E-state index contributed by atoms with van der Waals surface area (Å²) in [6.07, 6.45) is 3.75. The zero-order valence-corrected chi connectivity index (χ0v) is 11.5. The van der Waals surface area contributed by atoms with Gasteiger partial charge in [0.1, 0.15) is 5.02 Å². The molecule has 19 heavy (non-hydrogen) atoms. The van der Waals surface area contributed by atoms with Gasteiger partial charge in [0.2, 0.25) is 0 Å². The van der Waals surface area contributed by atoms with Gasteiger partial charge in [-0.3, -0.25) is 4.79 Å². The normalized spacial score (nSPS) is 19.7. The van der Waals surface area contributed by atoms with Crippen molar-refractivity contribution in [1.29, 1.82) is 0 Å². The lowest BCUT2D eigenvalue weighted by molar-refractivity contribution is 0.266. The summed E-state index contributed by atoms with van der Waals surface area (Å²) in [6, 6.07) is 0. The molecule has 3 N–H and O–H groups in total. The van der Waals surface area contributed by atoms with Crippen LogP contribution in [-0.4, -0.2) is 41.1 Å². The topological polar surface area (TPSA) is 84.4 Å². The molecule has 106 valence electrons. The van der Waals surface area contributed by atoms with E-state index in [4.69, 9.17) is 22.4 Å². The first kappa shape index (κ1) is 14.3. The molecule has 0 bridgehead atoms. The number of hydrogen-bond donors (Lipinski definition) is 2. The number of aliphatic hydroxyl groups is 1. The van der Waals surface area contributed by atoms with Crippen LogP contribution in [0.3, 0.4) is 0 Å². The molecule has 0 saturated carbocycles. The van der Waals surface area contributed by atoms with Crippen molar-refractivity contribution in [3.05, 3.63) is 21.6 Å². The Labute approximate surface area is 116 Å². The van der Waals surface area contributed by atoms with Crippen molar-refractivity contribution in [2.75, 3.05) is 31.1 Å². The van der Waals surface area contributed by atoms with Gasteiger partial charge in [-0.25, -0.2) is 4.68 Å². The van der Waals surface area contributed by atoms with Crippen LogP contribution in [0, 0.1) is 5.92 Å². The summed E-state index contributed by atoms with van der Waals surface area (Å²) in [7, 11) is 0. The summed E-state index contributed by atoms with van der Waals surface area (Å²) < 4.78 is 1.18. The van der Waals surface area contributed by atoms with Crippen LogP contribution in [0.4, 0.5) is 5.69 Å². The van der Waals surface area contributed by atoms with E-state index in [0.29, 0.717) is 18.2 Å². The third-order valence-corrected chi connectivity index (χ3v) is 3.83. The second kappa shape index (κ2) is 6.36. The van der Waals surface area contributed by atoms with Crippen LogP contribution in [0.15, 0.2) is 11.0 Å². The maximum absolute atomic E-state index is 12.0. The van der Waals surface area contributed by atoms with E-state index in [-0.39, 0.29) is 23.7 Å². The van der Waals surface area contributed by atoms with Crippen LogP contribution in [0.5, 0.6) is 0 Å². The van der Waals surface area contributed by atoms with Gasteiger partial charge in [-0.15, -0.1) is 0 Å². The van der Waals surface area contributed by atoms with Crippen LogP contribution in [0.25, 0.3) is 0 Å². The van der Waals surface area contributed by atoms with Crippen LogP contribution >= 0.6 is 11.6 Å². The first-order valence-electron chi connectivity index (χ1n) is 6.49. The standard InChI is InChI=1S/C12H19ClN4O2/c13-11-10(7-15-17(4-5-18)12(11)19)16-3-1-2-9(6-14)8-16/h7,9,18H,1-6,8,14H2. The predicted molar refractivity (Wildman–Crippen MR) is 74.6 cm³/mol. The van der Waals surface area contributed by atoms with Crippen LogP contribution in [0.1, 0.15) is 12.8 Å². The highest BCUT2D eigenvalue weighted by molar-refractivity contribution is 6.33. The van der Waals surface area contributed by atoms with E-state index >= 15 is 0 Å². The molecule has 2 heterocycles. The molecule has 0 aliphatic carbocycles. The van der Waals surface area contributed by atoms with E-state index in [2.05, 4.69) is 10.00 Å². The Bertz CT molecular complexity index is 491. The maximum Gasteiger partial charge on any atom is 0.287 e. The molecule has 1 aliphatic heterocycles. The maximum atomic E-state index is 12.0. The van der Waals surface area contributed by atoms with Gasteiger partial charge in [0, 0.05) is 13.1 Å². The van der Waals surface area contributed by atoms with E-state index in [9.17, 15) is 4.79 Å². The van der Waals surface area contributed by atoms with E-state index in [1.165, 1.54) is 4.68 Å². The molecule has 0 amide bonds. The summed E-state index contributed by atoms with van der Waals surface area (Å²) in [5.41, 5.74) is 6.01. The Morgan fingerprint density at radius 2 is 2.37 bits per heavy atom. The highest BCUT2D eigenvalue weighted by atomic mass is 35.5. The van der Waals surface area contributed by atoms with Gasteiger partial charge >= 0.3 is 0 Å². The fourth-order valence-corrected chi connectivity index (χ4v) is 2.67. The number of piperidine rings is 1. The second-order valence-corrected chi connectivity index (χ2v) is 5.16. The molecule has 0 aromatic carbocycles. The Morgan fingerprint density at radius 1 is 1.58 bits per heavy atom. The third-order valence-electron chi connectivity index (χ3n) is 3.47. The van der Waals surface area contributed by atoms with Gasteiger partial charge in [-0.1, -0.05) is 11.6 Å². The first-order valence-corrected chi connectivity index (χ1v) is 6.86. The lowest BCUT2D eigenvalue weighted by Gasteiger charge is -2.34. The van der Waals surface area contributed by atoms with Crippen molar-refractivity contribution in [3.8, 4) is 0 Å². The molecule has 1 aliphatic rings. The van der Waals surface area contributed by atoms with Crippen molar-refractivity contribution in [3.63, 3.8) is 0 Å². The smallest absolute Gasteiger partial charge is 0.287 e. The quantitative estimate of drug-likeness (QED) is 0.818. The fraction of sp³-hybridized carbons (Fsp3) is 0.667. The molecule has 1 saturated heterocycles. The zero-order chi connectivity index (χ0) is 13.8. The minimum absolute atomic E-state index is 0.137. The van der Waals surface area contributed by atoms with Crippen molar-refractivity contribution in [1.82, 2.24) is 9.78 Å². The lowest BCUT2D eigenvalue weighted by atomic mass is 9.98. The van der Waals surface area contributed by atoms with Crippen molar-refractivity contribution in [2.45, 2.75) is 19.4 Å². The molecule has 0 radical (unpaired) electrons. The Kier molecular flexibility index (Phi) is 4.79. The summed E-state index contributed by atoms with van der Waals surface area (Å²) in [5.74, 6) is 0.435. The van der Waals surface area contributed by atoms with Gasteiger partial charge in [0.05, 0.1) is 25.0 Å². The minimum atomic E-state index is -0.358. The molecule has 1 unspecified atom stereocenters. The Balaban J connectivity index is 2.25. The third kappa shape index (κ3) is 3.08. The molecule has 1 aromatic rings. The van der Waals surface area contributed by atoms with E-state index in [0.717, 1.165) is 25.9 Å². The molecule has 6 nitrogen and oxygen atoms in total. The predicted octanol–water partition coefficient (Wildman–Crippen LogP) is 0.0641. The van der Waals surface area contributed by atoms with Gasteiger partial charge in [0.25, 0.3) is 5.56 Å². The number of halogens is 1. The van der Waals surface area contributed by atoms with Gasteiger partial charge in [-0.05, 0) is 25.3 Å². The van der Waals surface area contributed by atoms with Gasteiger partial charge in [0.15, 0.2) is 0 Å². The summed E-state index contributed by atoms with van der Waals surface area (Å²) in [5, 5.41) is 13.1. The fourth-order valence-electron chi connectivity index (χ4n) is 2.41. The Morgan fingerprint density at radius 3 is 3.05 bits per heavy atom. The van der Waals surface area contributed by atoms with Crippen LogP contribution in [0.2, 0.25) is 5.02 Å². The number of anilines is 1. The monoisotopic (exact) mass is 286 g/mol. The number of aromatic nitrogens is 2. The average molecular weight is 287 g/mol. The second-order valence-electron chi connectivity index (χ2n) is 4.79. The summed E-state index contributed by atoms with van der Waals surface area (Å²) in [6.45, 7) is 2.33. The number of rotatable bonds is 4. The molecular weight excluding hydrogens is 268 g/mol. The van der Waals surface area contributed by atoms with Crippen LogP contribution in [-0.2, 0) is 6.54 Å². The van der Waals surface area contributed by atoms with Crippen molar-refractivity contribution in [2.24, 2.45) is 11.7 Å². The molecular formula is C12H19ClN4O2. The van der Waals surface area contributed by atoms with Gasteiger partial charge in [-0.2, -0.15) is 5.10 Å². The number of aliphatic hydroxyl groups excluding tert-OH is 1. The number of nitrogens with two attached hydrogens (primary N) is 1. The van der Waals surface area contributed by atoms with E-state index in [1.54, 1.807) is 6.20 Å². The average Bonchev–Trinajstić information content (AvgIpc) is 2.44. The Hall–Kier alpha value is -1.11. The lowest BCUT2D eigenvalue weighted by Crippen LogP contribution is -2.39. The van der Waals surface area contributed by atoms with Gasteiger partial charge < -0.3 is 15.7 Å². The first-order chi connectivity index (χ1) is 9.17. The molecule has 0 spiro atoms.